The number of allylic oxidation sites excluding steroid dienone is 2. The van der Waals surface area contributed by atoms with Crippen LogP contribution in [0.25, 0.3) is 77.9 Å². The molecule has 4 aromatic heterocycles. The van der Waals surface area contributed by atoms with Crippen molar-refractivity contribution in [1.29, 1.82) is 0 Å². The molecule has 0 atom stereocenters. The van der Waals surface area contributed by atoms with Crippen molar-refractivity contribution in [2.24, 2.45) is 0 Å². The van der Waals surface area contributed by atoms with Gasteiger partial charge in [0, 0.05) is 52.1 Å². The lowest BCUT2D eigenvalue weighted by molar-refractivity contribution is 0.619. The minimum absolute atomic E-state index is 0.661. The Hall–Kier alpha value is -6.27. The first kappa shape index (κ1) is 26.2. The molecule has 218 valence electrons. The molecule has 1 aliphatic heterocycles. The highest BCUT2D eigenvalue weighted by Gasteiger charge is 2.17. The van der Waals surface area contributed by atoms with Crippen molar-refractivity contribution in [2.45, 2.75) is 0 Å². The molecule has 0 bridgehead atoms. The maximum Gasteiger partial charge on any atom is 0.160 e. The Morgan fingerprint density at radius 1 is 0.674 bits per heavy atom. The van der Waals surface area contributed by atoms with Gasteiger partial charge in [-0.15, -0.1) is 0 Å². The maximum absolute atomic E-state index is 5.99. The Kier molecular flexibility index (Phi) is 6.09. The summed E-state index contributed by atoms with van der Waals surface area (Å²) >= 11 is 0. The van der Waals surface area contributed by atoms with Crippen LogP contribution in [0.3, 0.4) is 0 Å². The molecule has 0 radical (unpaired) electrons. The molecular formula is C40H27N5O. The van der Waals surface area contributed by atoms with Crippen LogP contribution in [-0.4, -0.2) is 26.1 Å². The lowest BCUT2D eigenvalue weighted by atomic mass is 10.0. The number of furan rings is 1. The molecule has 0 unspecified atom stereocenters. The fraction of sp³-hybridized carbons (Fsp3) is 0.0250. The van der Waals surface area contributed by atoms with E-state index in [0.29, 0.717) is 5.82 Å². The van der Waals surface area contributed by atoms with Crippen molar-refractivity contribution in [3.8, 4) is 39.6 Å². The van der Waals surface area contributed by atoms with Gasteiger partial charge in [-0.2, -0.15) is 0 Å². The van der Waals surface area contributed by atoms with Crippen LogP contribution >= 0.6 is 0 Å². The van der Waals surface area contributed by atoms with E-state index >= 15 is 0 Å². The Bertz CT molecular complexity index is 2470. The molecule has 6 nitrogen and oxygen atoms in total. The van der Waals surface area contributed by atoms with Crippen molar-refractivity contribution < 1.29 is 4.42 Å². The van der Waals surface area contributed by atoms with Crippen molar-refractivity contribution >= 4 is 38.3 Å². The van der Waals surface area contributed by atoms with Crippen LogP contribution in [0.2, 0.25) is 0 Å². The number of pyridine rings is 1. The minimum Gasteiger partial charge on any atom is -0.464 e. The molecule has 0 amide bonds. The molecule has 5 heterocycles. The predicted molar refractivity (Wildman–Crippen MR) is 185 cm³/mol. The summed E-state index contributed by atoms with van der Waals surface area (Å²) in [5, 5.41) is 6.58. The Labute approximate surface area is 265 Å². The van der Waals surface area contributed by atoms with Gasteiger partial charge in [0.2, 0.25) is 0 Å². The number of para-hydroxylation sites is 1. The second-order valence-electron chi connectivity index (χ2n) is 11.4. The average Bonchev–Trinajstić information content (AvgIpc) is 3.75. The van der Waals surface area contributed by atoms with Gasteiger partial charge < -0.3 is 14.3 Å². The van der Waals surface area contributed by atoms with Gasteiger partial charge in [0.25, 0.3) is 0 Å². The molecule has 4 aromatic carbocycles. The number of dihydropyridines is 1. The lowest BCUT2D eigenvalue weighted by Gasteiger charge is -2.13. The van der Waals surface area contributed by atoms with Crippen molar-refractivity contribution in [2.75, 3.05) is 6.54 Å². The monoisotopic (exact) mass is 593 g/mol. The topological polar surface area (TPSA) is 68.8 Å². The quantitative estimate of drug-likeness (QED) is 0.215. The summed E-state index contributed by atoms with van der Waals surface area (Å²) in [6, 6.07) is 37.9. The van der Waals surface area contributed by atoms with E-state index in [1.54, 1.807) is 18.7 Å². The first-order valence-electron chi connectivity index (χ1n) is 15.3. The molecular weight excluding hydrogens is 566 g/mol. The third-order valence-corrected chi connectivity index (χ3v) is 8.65. The first-order chi connectivity index (χ1) is 22.8. The van der Waals surface area contributed by atoms with Gasteiger partial charge in [0.1, 0.15) is 5.58 Å². The van der Waals surface area contributed by atoms with Crippen molar-refractivity contribution in [3.63, 3.8) is 0 Å². The minimum atomic E-state index is 0.661. The number of rotatable bonds is 5. The van der Waals surface area contributed by atoms with Crippen molar-refractivity contribution in [1.82, 2.24) is 24.8 Å². The van der Waals surface area contributed by atoms with Crippen LogP contribution in [0.5, 0.6) is 0 Å². The summed E-state index contributed by atoms with van der Waals surface area (Å²) in [5.41, 5.74) is 11.2. The van der Waals surface area contributed by atoms with E-state index in [-0.39, 0.29) is 0 Å². The average molecular weight is 594 g/mol. The van der Waals surface area contributed by atoms with Gasteiger partial charge in [-0.3, -0.25) is 4.98 Å². The van der Waals surface area contributed by atoms with Gasteiger partial charge in [0.15, 0.2) is 5.82 Å². The molecule has 0 spiro atoms. The SMILES string of the molecule is C1=CC(c2ccc(-c3cc(-c4ccncc4)nc(-c4cccc(-n5c6ccccc6c6c7occc7ccc65)c4)n3)cc2)=CCN1. The van der Waals surface area contributed by atoms with Crippen LogP contribution in [0.15, 0.2) is 151 Å². The summed E-state index contributed by atoms with van der Waals surface area (Å²) in [6.45, 7) is 0.832. The van der Waals surface area contributed by atoms with E-state index in [4.69, 9.17) is 14.4 Å². The zero-order valence-electron chi connectivity index (χ0n) is 24.8. The van der Waals surface area contributed by atoms with Gasteiger partial charge in [-0.1, -0.05) is 60.7 Å². The highest BCUT2D eigenvalue weighted by molar-refractivity contribution is 6.19. The molecule has 46 heavy (non-hydrogen) atoms. The third-order valence-electron chi connectivity index (χ3n) is 8.65. The molecule has 9 rings (SSSR count). The van der Waals surface area contributed by atoms with Gasteiger partial charge in [-0.05, 0) is 78.0 Å². The van der Waals surface area contributed by atoms with Crippen LogP contribution in [-0.2, 0) is 0 Å². The highest BCUT2D eigenvalue weighted by atomic mass is 16.3. The summed E-state index contributed by atoms with van der Waals surface area (Å²) < 4.78 is 8.28. The summed E-state index contributed by atoms with van der Waals surface area (Å²) in [6.07, 6.45) is 11.6. The number of nitrogens with zero attached hydrogens (tertiary/aromatic N) is 4. The molecule has 0 aliphatic carbocycles. The molecule has 1 aliphatic rings. The van der Waals surface area contributed by atoms with Gasteiger partial charge in [-0.25, -0.2) is 9.97 Å². The van der Waals surface area contributed by atoms with E-state index in [2.05, 4.69) is 118 Å². The first-order valence-corrected chi connectivity index (χ1v) is 15.3. The largest absolute Gasteiger partial charge is 0.464 e. The highest BCUT2D eigenvalue weighted by Crippen LogP contribution is 2.38. The molecule has 0 fully saturated rings. The Morgan fingerprint density at radius 2 is 1.48 bits per heavy atom. The zero-order chi connectivity index (χ0) is 30.5. The zero-order valence-corrected chi connectivity index (χ0v) is 24.8. The molecule has 6 heteroatoms. The fourth-order valence-electron chi connectivity index (χ4n) is 6.44. The Balaban J connectivity index is 1.20. The summed E-state index contributed by atoms with van der Waals surface area (Å²) in [5.74, 6) is 0.661. The lowest BCUT2D eigenvalue weighted by Crippen LogP contribution is -2.08. The van der Waals surface area contributed by atoms with E-state index in [1.165, 1.54) is 11.1 Å². The number of aromatic nitrogens is 4. The normalized spacial score (nSPS) is 12.9. The smallest absolute Gasteiger partial charge is 0.160 e. The van der Waals surface area contributed by atoms with E-state index < -0.39 is 0 Å². The van der Waals surface area contributed by atoms with Gasteiger partial charge >= 0.3 is 0 Å². The van der Waals surface area contributed by atoms with Crippen LogP contribution < -0.4 is 5.32 Å². The second-order valence-corrected chi connectivity index (χ2v) is 11.4. The van der Waals surface area contributed by atoms with Crippen LogP contribution in [0.4, 0.5) is 0 Å². The number of benzene rings is 4. The molecule has 0 saturated heterocycles. The Morgan fingerprint density at radius 3 is 2.30 bits per heavy atom. The fourth-order valence-corrected chi connectivity index (χ4v) is 6.44. The third kappa shape index (κ3) is 4.39. The molecule has 0 saturated carbocycles. The second kappa shape index (κ2) is 10.7. The van der Waals surface area contributed by atoms with Crippen molar-refractivity contribution in [3.05, 3.63) is 152 Å². The van der Waals surface area contributed by atoms with E-state index in [1.807, 2.05) is 24.4 Å². The summed E-state index contributed by atoms with van der Waals surface area (Å²) in [7, 11) is 0. The maximum atomic E-state index is 5.99. The van der Waals surface area contributed by atoms with E-state index in [0.717, 1.165) is 73.1 Å². The molecule has 8 aromatic rings. The number of nitrogens with one attached hydrogen (secondary N) is 1. The standard InChI is InChI=1S/C40H27N5O/c1-2-7-36-33(6-1)38-37(13-12-30-18-23-46-39(30)38)45(36)32-5-3-4-31(24-32)40-43-34(25-35(44-40)29-16-21-42-22-17-29)28-10-8-26(9-11-28)27-14-19-41-20-15-27/h1-19,21-25,41H,20H2. The summed E-state index contributed by atoms with van der Waals surface area (Å²) in [4.78, 5) is 14.4. The van der Waals surface area contributed by atoms with Crippen LogP contribution in [0, 0.1) is 0 Å². The number of hydrogen-bond acceptors (Lipinski definition) is 5. The number of hydrogen-bond donors (Lipinski definition) is 1. The van der Waals surface area contributed by atoms with Gasteiger partial charge in [0.05, 0.1) is 34.1 Å². The number of fused-ring (bicyclic) bond motifs is 5. The van der Waals surface area contributed by atoms with Crippen LogP contribution in [0.1, 0.15) is 5.56 Å². The predicted octanol–water partition coefficient (Wildman–Crippen LogP) is 9.22. The molecule has 1 N–H and O–H groups in total. The van der Waals surface area contributed by atoms with E-state index in [9.17, 15) is 0 Å².